The molecule has 0 aliphatic rings. The first-order valence-electron chi connectivity index (χ1n) is 5.98. The highest BCUT2D eigenvalue weighted by Gasteiger charge is 2.48. The largest absolute Gasteiger partial charge is 0.573 e. The summed E-state index contributed by atoms with van der Waals surface area (Å²) in [4.78, 5) is 19.2. The van der Waals surface area contributed by atoms with Crippen molar-refractivity contribution in [3.05, 3.63) is 29.8 Å². The van der Waals surface area contributed by atoms with Gasteiger partial charge in [-0.05, 0) is 18.9 Å². The minimum atomic E-state index is -4.92. The quantitative estimate of drug-likeness (QED) is 0.812. The Bertz CT molecular complexity index is 506. The Hall–Kier alpha value is -1.04. The van der Waals surface area contributed by atoms with Gasteiger partial charge in [0.25, 0.3) is 0 Å². The molecule has 0 atom stereocenters. The minimum Gasteiger partial charge on any atom is -0.405 e. The number of hydrogen-bond acceptors (Lipinski definition) is 2. The molecule has 114 valence electrons. The van der Waals surface area contributed by atoms with Crippen molar-refractivity contribution in [2.75, 3.05) is 0 Å². The van der Waals surface area contributed by atoms with Crippen LogP contribution >= 0.6 is 7.60 Å². The Balaban J connectivity index is 3.47. The van der Waals surface area contributed by atoms with Gasteiger partial charge in [0.05, 0.1) is 5.16 Å². The lowest BCUT2D eigenvalue weighted by atomic mass is 9.92. The van der Waals surface area contributed by atoms with Crippen molar-refractivity contribution in [2.45, 2.75) is 38.2 Å². The molecule has 1 aromatic rings. The zero-order valence-corrected chi connectivity index (χ0v) is 11.9. The predicted octanol–water partition coefficient (Wildman–Crippen LogP) is 3.78. The summed E-state index contributed by atoms with van der Waals surface area (Å²) in [6, 6.07) is 5.06. The van der Waals surface area contributed by atoms with Gasteiger partial charge in [-0.15, -0.1) is 13.2 Å². The highest BCUT2D eigenvalue weighted by Crippen LogP contribution is 2.62. The van der Waals surface area contributed by atoms with Crippen molar-refractivity contribution in [3.8, 4) is 5.75 Å². The molecule has 0 amide bonds. The van der Waals surface area contributed by atoms with Crippen LogP contribution in [0.2, 0.25) is 0 Å². The molecule has 0 aliphatic heterocycles. The van der Waals surface area contributed by atoms with E-state index in [4.69, 9.17) is 0 Å². The first kappa shape index (κ1) is 17.0. The number of para-hydroxylation sites is 1. The smallest absolute Gasteiger partial charge is 0.405 e. The molecule has 0 spiro atoms. The van der Waals surface area contributed by atoms with Crippen LogP contribution in [-0.2, 0) is 9.72 Å². The van der Waals surface area contributed by atoms with Crippen LogP contribution in [0, 0.1) is 0 Å². The van der Waals surface area contributed by atoms with Gasteiger partial charge < -0.3 is 14.5 Å². The number of ether oxygens (including phenoxy) is 1. The second kappa shape index (κ2) is 5.76. The van der Waals surface area contributed by atoms with Gasteiger partial charge >= 0.3 is 14.0 Å². The first-order valence-corrected chi connectivity index (χ1v) is 7.59. The average molecular weight is 312 g/mol. The number of alkyl halides is 3. The second-order valence-corrected chi connectivity index (χ2v) is 6.27. The maximum absolute atomic E-state index is 12.4. The van der Waals surface area contributed by atoms with Crippen LogP contribution in [0.25, 0.3) is 0 Å². The van der Waals surface area contributed by atoms with E-state index in [1.807, 2.05) is 0 Å². The van der Waals surface area contributed by atoms with Gasteiger partial charge in [0, 0.05) is 5.56 Å². The summed E-state index contributed by atoms with van der Waals surface area (Å²) in [5.41, 5.74) is -0.129. The van der Waals surface area contributed by atoms with Crippen molar-refractivity contribution in [1.29, 1.82) is 0 Å². The number of hydrogen-bond donors (Lipinski definition) is 2. The summed E-state index contributed by atoms with van der Waals surface area (Å²) >= 11 is 0. The minimum absolute atomic E-state index is 0.00793. The Morgan fingerprint density at radius 1 is 1.15 bits per heavy atom. The van der Waals surface area contributed by atoms with E-state index in [0.29, 0.717) is 0 Å². The van der Waals surface area contributed by atoms with Gasteiger partial charge in [-0.1, -0.05) is 32.0 Å². The summed E-state index contributed by atoms with van der Waals surface area (Å²) in [7, 11) is -4.67. The molecule has 20 heavy (non-hydrogen) atoms. The molecular formula is C12H16F3O4P. The van der Waals surface area contributed by atoms with Crippen molar-refractivity contribution in [2.24, 2.45) is 0 Å². The lowest BCUT2D eigenvalue weighted by Gasteiger charge is -2.34. The summed E-state index contributed by atoms with van der Waals surface area (Å²) in [5, 5.41) is -1.69. The van der Waals surface area contributed by atoms with E-state index in [2.05, 4.69) is 4.74 Å². The number of benzene rings is 1. The molecule has 0 radical (unpaired) electrons. The molecule has 0 bridgehead atoms. The lowest BCUT2D eigenvalue weighted by Crippen LogP contribution is -2.27. The van der Waals surface area contributed by atoms with Crippen molar-refractivity contribution >= 4 is 7.60 Å². The maximum atomic E-state index is 12.4. The highest BCUT2D eigenvalue weighted by atomic mass is 31.2. The van der Waals surface area contributed by atoms with Crippen molar-refractivity contribution < 1.29 is 32.3 Å². The molecule has 4 nitrogen and oxygen atoms in total. The third-order valence-electron chi connectivity index (χ3n) is 3.34. The van der Waals surface area contributed by atoms with Crippen LogP contribution in [0.15, 0.2) is 24.3 Å². The molecule has 0 aromatic heterocycles. The summed E-state index contributed by atoms with van der Waals surface area (Å²) < 4.78 is 52.9. The summed E-state index contributed by atoms with van der Waals surface area (Å²) in [6.45, 7) is 3.04. The van der Waals surface area contributed by atoms with E-state index < -0.39 is 24.9 Å². The van der Waals surface area contributed by atoms with Gasteiger partial charge in [-0.3, -0.25) is 4.57 Å². The lowest BCUT2D eigenvalue weighted by molar-refractivity contribution is -0.275. The van der Waals surface area contributed by atoms with E-state index in [9.17, 15) is 27.5 Å². The topological polar surface area (TPSA) is 66.8 Å². The molecule has 8 heteroatoms. The summed E-state index contributed by atoms with van der Waals surface area (Å²) in [5.74, 6) is -0.577. The fourth-order valence-electron chi connectivity index (χ4n) is 2.26. The predicted molar refractivity (Wildman–Crippen MR) is 67.4 cm³/mol. The van der Waals surface area contributed by atoms with Gasteiger partial charge in [-0.25, -0.2) is 0 Å². The number of halogens is 3. The van der Waals surface area contributed by atoms with Gasteiger partial charge in [0.15, 0.2) is 0 Å². The van der Waals surface area contributed by atoms with Crippen LogP contribution in [-0.4, -0.2) is 16.1 Å². The normalized spacial score (nSPS) is 13.3. The Morgan fingerprint density at radius 3 is 2.05 bits per heavy atom. The van der Waals surface area contributed by atoms with Crippen LogP contribution < -0.4 is 4.74 Å². The third kappa shape index (κ3) is 3.34. The molecule has 0 fully saturated rings. The van der Waals surface area contributed by atoms with E-state index in [0.717, 1.165) is 6.07 Å². The second-order valence-electron chi connectivity index (χ2n) is 4.33. The molecule has 0 aliphatic carbocycles. The summed E-state index contributed by atoms with van der Waals surface area (Å²) in [6.07, 6.45) is -4.93. The Labute approximate surface area is 114 Å². The van der Waals surface area contributed by atoms with Gasteiger partial charge in [0.1, 0.15) is 5.75 Å². The molecule has 0 unspecified atom stereocenters. The molecular weight excluding hydrogens is 296 g/mol. The van der Waals surface area contributed by atoms with E-state index in [1.54, 1.807) is 0 Å². The van der Waals surface area contributed by atoms with Crippen molar-refractivity contribution in [1.82, 2.24) is 0 Å². The molecule has 2 N–H and O–H groups in total. The van der Waals surface area contributed by atoms with Crippen LogP contribution in [0.3, 0.4) is 0 Å². The third-order valence-corrected chi connectivity index (χ3v) is 5.33. The van der Waals surface area contributed by atoms with Gasteiger partial charge in [-0.2, -0.15) is 0 Å². The number of rotatable bonds is 5. The zero-order chi connectivity index (χ0) is 15.6. The molecule has 0 saturated heterocycles. The maximum Gasteiger partial charge on any atom is 0.573 e. The monoisotopic (exact) mass is 312 g/mol. The van der Waals surface area contributed by atoms with E-state index in [1.165, 1.54) is 32.0 Å². The van der Waals surface area contributed by atoms with E-state index in [-0.39, 0.29) is 18.4 Å². The fourth-order valence-corrected chi connectivity index (χ4v) is 3.59. The molecule has 0 saturated carbocycles. The first-order chi connectivity index (χ1) is 9.07. The average Bonchev–Trinajstić information content (AvgIpc) is 2.29. The van der Waals surface area contributed by atoms with Crippen molar-refractivity contribution in [3.63, 3.8) is 0 Å². The molecule has 1 rings (SSSR count). The van der Waals surface area contributed by atoms with E-state index >= 15 is 0 Å². The standard InChI is InChI=1S/C12H16F3O4P/c1-3-11(4-2,20(16,17)18)9-7-5-6-8-10(9)19-12(13,14)15/h5-8H,3-4H2,1-2H3,(H2,16,17,18). The van der Waals surface area contributed by atoms with Gasteiger partial charge in [0.2, 0.25) is 0 Å². The highest BCUT2D eigenvalue weighted by molar-refractivity contribution is 7.53. The van der Waals surface area contributed by atoms with Crippen LogP contribution in [0.1, 0.15) is 32.3 Å². The van der Waals surface area contributed by atoms with Crippen LogP contribution in [0.4, 0.5) is 13.2 Å². The zero-order valence-electron chi connectivity index (χ0n) is 11.0. The molecule has 0 heterocycles. The SMILES string of the molecule is CCC(CC)(c1ccccc1OC(F)(F)F)P(=O)(O)O. The Kier molecular flexibility index (Phi) is 4.90. The molecule has 1 aromatic carbocycles. The van der Waals surface area contributed by atoms with Crippen LogP contribution in [0.5, 0.6) is 5.75 Å². The Morgan fingerprint density at radius 2 is 1.65 bits per heavy atom. The fraction of sp³-hybridized carbons (Fsp3) is 0.500.